The maximum absolute atomic E-state index is 13.6. The monoisotopic (exact) mass is 308 g/mol. The minimum Gasteiger partial charge on any atom is -0.393 e. The number of nitrogens with zero attached hydrogens (tertiary/aromatic N) is 1. The molecular formula is C16H21FN2O3. The van der Waals surface area contributed by atoms with E-state index < -0.39 is 23.7 Å². The van der Waals surface area contributed by atoms with Gasteiger partial charge in [0.1, 0.15) is 5.82 Å². The van der Waals surface area contributed by atoms with Gasteiger partial charge in [0.25, 0.3) is 0 Å². The number of aryl methyl sites for hydroxylation is 1. The van der Waals surface area contributed by atoms with E-state index in [2.05, 4.69) is 5.32 Å². The number of carbonyl (C=O) groups excluding carboxylic acids is 2. The van der Waals surface area contributed by atoms with E-state index in [-0.39, 0.29) is 11.6 Å². The molecule has 6 heteroatoms. The number of hydrogen-bond acceptors (Lipinski definition) is 3. The van der Waals surface area contributed by atoms with E-state index in [1.54, 1.807) is 19.9 Å². The van der Waals surface area contributed by atoms with Crippen LogP contribution in [0.1, 0.15) is 25.3 Å². The molecular weight excluding hydrogens is 287 g/mol. The molecule has 2 N–H and O–H groups in total. The Labute approximate surface area is 129 Å². The topological polar surface area (TPSA) is 69.6 Å². The predicted octanol–water partition coefficient (Wildman–Crippen LogP) is 1.69. The van der Waals surface area contributed by atoms with Gasteiger partial charge >= 0.3 is 11.8 Å². The lowest BCUT2D eigenvalue weighted by atomic mass is 9.92. The first kappa shape index (κ1) is 16.4. The van der Waals surface area contributed by atoms with Gasteiger partial charge in [0, 0.05) is 13.1 Å². The lowest BCUT2D eigenvalue weighted by molar-refractivity contribution is -0.144. The Morgan fingerprint density at radius 3 is 2.59 bits per heavy atom. The molecule has 0 aromatic heterocycles. The van der Waals surface area contributed by atoms with Crippen LogP contribution in [0.2, 0.25) is 0 Å². The minimum atomic E-state index is -0.833. The highest BCUT2D eigenvalue weighted by Gasteiger charge is 2.29. The zero-order valence-corrected chi connectivity index (χ0v) is 12.8. The van der Waals surface area contributed by atoms with Crippen molar-refractivity contribution in [2.75, 3.05) is 18.4 Å². The van der Waals surface area contributed by atoms with Gasteiger partial charge in [-0.05, 0) is 50.3 Å². The lowest BCUT2D eigenvalue weighted by Crippen LogP contribution is -2.45. The van der Waals surface area contributed by atoms with Crippen molar-refractivity contribution in [3.05, 3.63) is 29.6 Å². The zero-order chi connectivity index (χ0) is 16.3. The van der Waals surface area contributed by atoms with Crippen LogP contribution in [0.3, 0.4) is 0 Å². The molecule has 0 saturated carbocycles. The Hall–Kier alpha value is -1.95. The first-order valence-electron chi connectivity index (χ1n) is 7.43. The van der Waals surface area contributed by atoms with Crippen LogP contribution in [0.4, 0.5) is 10.1 Å². The number of likely N-dealkylation sites (tertiary alicyclic amines) is 1. The second kappa shape index (κ2) is 6.87. The largest absolute Gasteiger partial charge is 0.393 e. The number of aliphatic hydroxyl groups is 1. The van der Waals surface area contributed by atoms with Crippen LogP contribution in [-0.2, 0) is 9.59 Å². The van der Waals surface area contributed by atoms with E-state index in [0.29, 0.717) is 25.9 Å². The molecule has 0 aliphatic carbocycles. The van der Waals surface area contributed by atoms with Crippen molar-refractivity contribution in [1.82, 2.24) is 4.90 Å². The Morgan fingerprint density at radius 1 is 1.36 bits per heavy atom. The van der Waals surface area contributed by atoms with E-state index in [9.17, 15) is 19.1 Å². The summed E-state index contributed by atoms with van der Waals surface area (Å²) in [5.74, 6) is -1.91. The fourth-order valence-corrected chi connectivity index (χ4v) is 2.64. The number of aliphatic hydroxyl groups excluding tert-OH is 1. The molecule has 1 saturated heterocycles. The van der Waals surface area contributed by atoms with E-state index in [4.69, 9.17) is 0 Å². The maximum Gasteiger partial charge on any atom is 0.313 e. The molecule has 1 aromatic rings. The number of carbonyl (C=O) groups is 2. The third-order valence-corrected chi connectivity index (χ3v) is 4.07. The van der Waals surface area contributed by atoms with Gasteiger partial charge in [-0.3, -0.25) is 9.59 Å². The van der Waals surface area contributed by atoms with Gasteiger partial charge in [-0.2, -0.15) is 0 Å². The second-order valence-corrected chi connectivity index (χ2v) is 5.81. The molecule has 1 aliphatic heterocycles. The number of anilines is 1. The molecule has 0 spiro atoms. The Bertz CT molecular complexity index is 567. The van der Waals surface area contributed by atoms with Crippen molar-refractivity contribution in [1.29, 1.82) is 0 Å². The summed E-state index contributed by atoms with van der Waals surface area (Å²) >= 11 is 0. The van der Waals surface area contributed by atoms with Gasteiger partial charge in [-0.1, -0.05) is 6.07 Å². The number of rotatable bonds is 2. The van der Waals surface area contributed by atoms with Gasteiger partial charge in [0.05, 0.1) is 11.8 Å². The average molecular weight is 308 g/mol. The SMILES string of the molecule is Cc1ccc(F)c(NC(=O)C(=O)N2CCC(C(C)O)CC2)c1. The van der Waals surface area contributed by atoms with Crippen LogP contribution in [0.5, 0.6) is 0 Å². The molecule has 22 heavy (non-hydrogen) atoms. The third-order valence-electron chi connectivity index (χ3n) is 4.07. The molecule has 1 aromatic carbocycles. The molecule has 2 rings (SSSR count). The smallest absolute Gasteiger partial charge is 0.313 e. The predicted molar refractivity (Wildman–Crippen MR) is 80.8 cm³/mol. The number of nitrogens with one attached hydrogen (secondary N) is 1. The summed E-state index contributed by atoms with van der Waals surface area (Å²) in [5, 5.41) is 11.9. The number of amides is 2. The summed E-state index contributed by atoms with van der Waals surface area (Å²) in [6, 6.07) is 4.33. The Balaban J connectivity index is 1.96. The first-order chi connectivity index (χ1) is 10.4. The molecule has 120 valence electrons. The van der Waals surface area contributed by atoms with Crippen molar-refractivity contribution in [2.24, 2.45) is 5.92 Å². The quantitative estimate of drug-likeness (QED) is 0.817. The summed E-state index contributed by atoms with van der Waals surface area (Å²) in [6.07, 6.45) is 0.915. The van der Waals surface area contributed by atoms with Crippen molar-refractivity contribution in [3.63, 3.8) is 0 Å². The normalized spacial score (nSPS) is 17.2. The third kappa shape index (κ3) is 3.82. The number of halogens is 1. The number of hydrogen-bond donors (Lipinski definition) is 2. The average Bonchev–Trinajstić information content (AvgIpc) is 2.50. The van der Waals surface area contributed by atoms with E-state index in [0.717, 1.165) is 5.56 Å². The number of benzene rings is 1. The minimum absolute atomic E-state index is 0.0113. The molecule has 0 radical (unpaired) electrons. The highest BCUT2D eigenvalue weighted by molar-refractivity contribution is 6.39. The van der Waals surface area contributed by atoms with Crippen molar-refractivity contribution in [2.45, 2.75) is 32.8 Å². The Kier molecular flexibility index (Phi) is 5.13. The van der Waals surface area contributed by atoms with Crippen molar-refractivity contribution >= 4 is 17.5 Å². The molecule has 1 unspecified atom stereocenters. The van der Waals surface area contributed by atoms with Gasteiger partial charge < -0.3 is 15.3 Å². The first-order valence-corrected chi connectivity index (χ1v) is 7.43. The molecule has 1 atom stereocenters. The molecule has 1 fully saturated rings. The highest BCUT2D eigenvalue weighted by atomic mass is 19.1. The van der Waals surface area contributed by atoms with Crippen molar-refractivity contribution in [3.8, 4) is 0 Å². The van der Waals surface area contributed by atoms with Crippen LogP contribution in [0.25, 0.3) is 0 Å². The second-order valence-electron chi connectivity index (χ2n) is 5.81. The molecule has 5 nitrogen and oxygen atoms in total. The summed E-state index contributed by atoms with van der Waals surface area (Å²) in [5.41, 5.74) is 0.805. The Morgan fingerprint density at radius 2 is 2.00 bits per heavy atom. The number of piperidine rings is 1. The van der Waals surface area contributed by atoms with Crippen LogP contribution < -0.4 is 5.32 Å². The van der Waals surface area contributed by atoms with E-state index in [1.807, 2.05) is 0 Å². The van der Waals surface area contributed by atoms with Crippen LogP contribution in [0.15, 0.2) is 18.2 Å². The van der Waals surface area contributed by atoms with Crippen LogP contribution >= 0.6 is 0 Å². The van der Waals surface area contributed by atoms with Gasteiger partial charge in [-0.25, -0.2) is 4.39 Å². The van der Waals surface area contributed by atoms with Crippen molar-refractivity contribution < 1.29 is 19.1 Å². The summed E-state index contributed by atoms with van der Waals surface area (Å²) in [7, 11) is 0. The molecule has 1 heterocycles. The summed E-state index contributed by atoms with van der Waals surface area (Å²) in [6.45, 7) is 4.36. The molecule has 0 bridgehead atoms. The standard InChI is InChI=1S/C16H21FN2O3/c1-10-3-4-13(17)14(9-10)18-15(21)16(22)19-7-5-12(6-8-19)11(2)20/h3-4,9,11-12,20H,5-8H2,1-2H3,(H,18,21). The maximum atomic E-state index is 13.6. The van der Waals surface area contributed by atoms with Gasteiger partial charge in [0.2, 0.25) is 0 Å². The van der Waals surface area contributed by atoms with Gasteiger partial charge in [0.15, 0.2) is 0 Å². The molecule has 2 amide bonds. The van der Waals surface area contributed by atoms with Crippen LogP contribution in [-0.4, -0.2) is 41.0 Å². The summed E-state index contributed by atoms with van der Waals surface area (Å²) in [4.78, 5) is 25.5. The van der Waals surface area contributed by atoms with Gasteiger partial charge in [-0.15, -0.1) is 0 Å². The zero-order valence-electron chi connectivity index (χ0n) is 12.8. The van der Waals surface area contributed by atoms with E-state index in [1.165, 1.54) is 17.0 Å². The highest BCUT2D eigenvalue weighted by Crippen LogP contribution is 2.21. The fourth-order valence-electron chi connectivity index (χ4n) is 2.64. The van der Waals surface area contributed by atoms with E-state index >= 15 is 0 Å². The lowest BCUT2D eigenvalue weighted by Gasteiger charge is -2.32. The fraction of sp³-hybridized carbons (Fsp3) is 0.500. The molecule has 1 aliphatic rings. The van der Waals surface area contributed by atoms with Crippen LogP contribution in [0, 0.1) is 18.7 Å². The summed E-state index contributed by atoms with van der Waals surface area (Å²) < 4.78 is 13.6.